The van der Waals surface area contributed by atoms with Crippen LogP contribution in [0, 0.1) is 27.4 Å². The van der Waals surface area contributed by atoms with E-state index in [-0.39, 0.29) is 29.9 Å². The number of nitrogens with zero attached hydrogens (tertiary/aromatic N) is 3. The molecule has 1 saturated heterocycles. The second kappa shape index (κ2) is 10.1. The molecule has 10 nitrogen and oxygen atoms in total. The van der Waals surface area contributed by atoms with Crippen molar-refractivity contribution in [2.45, 2.75) is 12.8 Å². The first kappa shape index (κ1) is 21.6. The average molecular weight is 423 g/mol. The Morgan fingerprint density at radius 1 is 1.13 bits per heavy atom. The van der Waals surface area contributed by atoms with Gasteiger partial charge in [-0.3, -0.25) is 30.6 Å². The maximum atomic E-state index is 12.4. The molecule has 10 heteroatoms. The highest BCUT2D eigenvalue weighted by molar-refractivity contribution is 5.84. The number of amides is 2. The Balaban J connectivity index is 1.45. The molecule has 2 N–H and O–H groups in total. The molecule has 160 valence electrons. The fourth-order valence-electron chi connectivity index (χ4n) is 3.37. The number of carbonyl (C=O) groups is 2. The third-order valence-electron chi connectivity index (χ3n) is 4.98. The normalized spacial score (nSPS) is 13.7. The molecule has 0 aliphatic carbocycles. The van der Waals surface area contributed by atoms with Gasteiger partial charge in [-0.2, -0.15) is 5.26 Å². The summed E-state index contributed by atoms with van der Waals surface area (Å²) in [4.78, 5) is 37.0. The van der Waals surface area contributed by atoms with E-state index in [1.54, 1.807) is 42.5 Å². The van der Waals surface area contributed by atoms with Crippen molar-refractivity contribution >= 4 is 23.2 Å². The molecule has 2 amide bonds. The summed E-state index contributed by atoms with van der Waals surface area (Å²) in [6.07, 6.45) is 1.000. The smallest absolute Gasteiger partial charge is 0.292 e. The first-order valence-corrected chi connectivity index (χ1v) is 9.68. The van der Waals surface area contributed by atoms with Crippen molar-refractivity contribution < 1.29 is 19.2 Å². The molecule has 0 aromatic heterocycles. The Bertz CT molecular complexity index is 1010. The second-order valence-electron chi connectivity index (χ2n) is 6.94. The van der Waals surface area contributed by atoms with Gasteiger partial charge in [0, 0.05) is 25.1 Å². The van der Waals surface area contributed by atoms with E-state index in [2.05, 4.69) is 10.9 Å². The van der Waals surface area contributed by atoms with Crippen molar-refractivity contribution in [1.29, 1.82) is 5.26 Å². The van der Waals surface area contributed by atoms with Crippen molar-refractivity contribution in [3.63, 3.8) is 0 Å². The molecule has 0 spiro atoms. The molecule has 0 radical (unpaired) electrons. The van der Waals surface area contributed by atoms with E-state index in [1.807, 2.05) is 11.0 Å². The van der Waals surface area contributed by atoms with Crippen LogP contribution in [0.15, 0.2) is 48.5 Å². The van der Waals surface area contributed by atoms with Crippen LogP contribution in [0.4, 0.5) is 11.4 Å². The first-order chi connectivity index (χ1) is 15.0. The lowest BCUT2D eigenvalue weighted by atomic mass is 9.95. The highest BCUT2D eigenvalue weighted by atomic mass is 16.6. The molecule has 1 fully saturated rings. The molecular formula is C21H21N5O5. The molecule has 1 aliphatic heterocycles. The molecule has 1 heterocycles. The molecule has 31 heavy (non-hydrogen) atoms. The number of nitrogens with one attached hydrogen (secondary N) is 2. The quantitative estimate of drug-likeness (QED) is 0.535. The third kappa shape index (κ3) is 5.48. The standard InChI is InChI=1S/C21H21N5O5/c22-13-16-5-1-4-8-19(16)31-14-20(27)23-24-21(28)15-9-11-25(12-10-15)17-6-2-3-7-18(17)26(29)30/h1-8,15H,9-12,14H2,(H,23,27)(H,24,28). The summed E-state index contributed by atoms with van der Waals surface area (Å²) < 4.78 is 5.31. The number of hydrazine groups is 1. The van der Waals surface area contributed by atoms with Gasteiger partial charge in [-0.05, 0) is 31.0 Å². The fourth-order valence-corrected chi connectivity index (χ4v) is 3.37. The zero-order valence-corrected chi connectivity index (χ0v) is 16.6. The topological polar surface area (TPSA) is 138 Å². The summed E-state index contributed by atoms with van der Waals surface area (Å²) >= 11 is 0. The van der Waals surface area contributed by atoms with Gasteiger partial charge in [0.15, 0.2) is 6.61 Å². The molecule has 0 atom stereocenters. The maximum absolute atomic E-state index is 12.4. The number of nitro benzene ring substituents is 1. The summed E-state index contributed by atoms with van der Waals surface area (Å²) in [5.74, 6) is -0.917. The van der Waals surface area contributed by atoms with Crippen molar-refractivity contribution in [1.82, 2.24) is 10.9 Å². The van der Waals surface area contributed by atoms with Gasteiger partial charge in [0.1, 0.15) is 17.5 Å². The number of nitro groups is 1. The monoisotopic (exact) mass is 423 g/mol. The van der Waals surface area contributed by atoms with Crippen molar-refractivity contribution in [2.75, 3.05) is 24.6 Å². The van der Waals surface area contributed by atoms with Crippen LogP contribution in [0.25, 0.3) is 0 Å². The van der Waals surface area contributed by atoms with Crippen LogP contribution in [-0.4, -0.2) is 36.4 Å². The Morgan fingerprint density at radius 3 is 2.52 bits per heavy atom. The minimum absolute atomic E-state index is 0.0376. The van der Waals surface area contributed by atoms with E-state index >= 15 is 0 Å². The van der Waals surface area contributed by atoms with Gasteiger partial charge in [0.05, 0.1) is 10.5 Å². The van der Waals surface area contributed by atoms with Gasteiger partial charge >= 0.3 is 0 Å². The van der Waals surface area contributed by atoms with Crippen LogP contribution >= 0.6 is 0 Å². The number of anilines is 1. The Labute approximate surface area is 178 Å². The van der Waals surface area contributed by atoms with Gasteiger partial charge in [-0.25, -0.2) is 0 Å². The highest BCUT2D eigenvalue weighted by Crippen LogP contribution is 2.31. The van der Waals surface area contributed by atoms with E-state index in [0.717, 1.165) is 0 Å². The van der Waals surface area contributed by atoms with Gasteiger partial charge in [0.2, 0.25) is 5.91 Å². The van der Waals surface area contributed by atoms with Gasteiger partial charge in [0.25, 0.3) is 11.6 Å². The number of benzene rings is 2. The second-order valence-corrected chi connectivity index (χ2v) is 6.94. The highest BCUT2D eigenvalue weighted by Gasteiger charge is 2.28. The maximum Gasteiger partial charge on any atom is 0.292 e. The van der Waals surface area contributed by atoms with Crippen LogP contribution in [0.5, 0.6) is 5.75 Å². The lowest BCUT2D eigenvalue weighted by Crippen LogP contribution is -2.48. The van der Waals surface area contributed by atoms with E-state index < -0.39 is 10.8 Å². The zero-order chi connectivity index (χ0) is 22.2. The molecule has 1 aliphatic rings. The molecule has 2 aromatic carbocycles. The lowest BCUT2D eigenvalue weighted by Gasteiger charge is -2.32. The Hall–Kier alpha value is -4.13. The fraction of sp³-hybridized carbons (Fsp3) is 0.286. The number of ether oxygens (including phenoxy) is 1. The van der Waals surface area contributed by atoms with E-state index in [9.17, 15) is 19.7 Å². The zero-order valence-electron chi connectivity index (χ0n) is 16.6. The molecule has 0 unspecified atom stereocenters. The summed E-state index contributed by atoms with van der Waals surface area (Å²) in [7, 11) is 0. The summed E-state index contributed by atoms with van der Waals surface area (Å²) in [5, 5.41) is 20.2. The van der Waals surface area contributed by atoms with Crippen LogP contribution < -0.4 is 20.5 Å². The number of hydrogen-bond acceptors (Lipinski definition) is 7. The van der Waals surface area contributed by atoms with Gasteiger partial charge in [-0.1, -0.05) is 24.3 Å². The SMILES string of the molecule is N#Cc1ccccc1OCC(=O)NNC(=O)C1CCN(c2ccccc2[N+](=O)[O-])CC1. The molecular weight excluding hydrogens is 402 g/mol. The average Bonchev–Trinajstić information content (AvgIpc) is 2.81. The van der Waals surface area contributed by atoms with Crippen molar-refractivity contribution in [2.24, 2.45) is 5.92 Å². The third-order valence-corrected chi connectivity index (χ3v) is 4.98. The Kier molecular flexibility index (Phi) is 7.01. The minimum atomic E-state index is -0.557. The number of para-hydroxylation sites is 3. The number of hydrogen-bond donors (Lipinski definition) is 2. The molecule has 0 saturated carbocycles. The largest absolute Gasteiger partial charge is 0.482 e. The van der Waals surface area contributed by atoms with Crippen LogP contribution in [-0.2, 0) is 9.59 Å². The van der Waals surface area contributed by atoms with E-state index in [1.165, 1.54) is 6.07 Å². The summed E-state index contributed by atoms with van der Waals surface area (Å²) in [6.45, 7) is 0.630. The number of rotatable bonds is 6. The van der Waals surface area contributed by atoms with E-state index in [4.69, 9.17) is 10.00 Å². The van der Waals surface area contributed by atoms with Crippen molar-refractivity contribution in [3.8, 4) is 11.8 Å². The summed E-state index contributed by atoms with van der Waals surface area (Å²) in [5.41, 5.74) is 5.58. The molecule has 2 aromatic rings. The van der Waals surface area contributed by atoms with Crippen molar-refractivity contribution in [3.05, 3.63) is 64.2 Å². The Morgan fingerprint density at radius 2 is 1.81 bits per heavy atom. The molecule has 3 rings (SSSR count). The molecule has 0 bridgehead atoms. The summed E-state index contributed by atoms with van der Waals surface area (Å²) in [6, 6.07) is 15.0. The number of nitriles is 1. The van der Waals surface area contributed by atoms with Crippen LogP contribution in [0.1, 0.15) is 18.4 Å². The predicted molar refractivity (Wildman–Crippen MR) is 111 cm³/mol. The number of carbonyl (C=O) groups excluding carboxylic acids is 2. The van der Waals surface area contributed by atoms with Gasteiger partial charge < -0.3 is 9.64 Å². The first-order valence-electron chi connectivity index (χ1n) is 9.68. The van der Waals surface area contributed by atoms with E-state index in [0.29, 0.717) is 37.2 Å². The lowest BCUT2D eigenvalue weighted by molar-refractivity contribution is -0.384. The van der Waals surface area contributed by atoms with Crippen LogP contribution in [0.2, 0.25) is 0 Å². The van der Waals surface area contributed by atoms with Gasteiger partial charge in [-0.15, -0.1) is 0 Å². The predicted octanol–water partition coefficient (Wildman–Crippen LogP) is 1.91. The minimum Gasteiger partial charge on any atom is -0.482 e. The van der Waals surface area contributed by atoms with Crippen LogP contribution in [0.3, 0.4) is 0 Å². The number of piperidine rings is 1.